The molecule has 2 aromatic rings. The molecule has 3 rings (SSSR count). The van der Waals surface area contributed by atoms with Crippen LogP contribution < -0.4 is 15.4 Å². The molecule has 0 aromatic heterocycles. The van der Waals surface area contributed by atoms with E-state index in [0.717, 1.165) is 31.8 Å². The van der Waals surface area contributed by atoms with Crippen LogP contribution >= 0.6 is 0 Å². The molecule has 1 aliphatic heterocycles. The van der Waals surface area contributed by atoms with Crippen LogP contribution in [0.25, 0.3) is 0 Å². The second-order valence-electron chi connectivity index (χ2n) is 7.12. The molecule has 0 unspecified atom stereocenters. The molecule has 0 aliphatic carbocycles. The zero-order valence-electron chi connectivity index (χ0n) is 17.0. The molecule has 0 radical (unpaired) electrons. The number of rotatable bonds is 6. The Morgan fingerprint density at radius 1 is 0.966 bits per heavy atom. The molecule has 3 amide bonds. The van der Waals surface area contributed by atoms with E-state index < -0.39 is 0 Å². The number of amides is 3. The number of carbonyl (C=O) groups is 2. The molecule has 0 spiro atoms. The predicted molar refractivity (Wildman–Crippen MR) is 114 cm³/mol. The molecule has 29 heavy (non-hydrogen) atoms. The van der Waals surface area contributed by atoms with Gasteiger partial charge in [-0.2, -0.15) is 0 Å². The molecule has 154 valence electrons. The highest BCUT2D eigenvalue weighted by Crippen LogP contribution is 2.16. The quantitative estimate of drug-likeness (QED) is 0.787. The highest BCUT2D eigenvalue weighted by atomic mass is 16.5. The van der Waals surface area contributed by atoms with Gasteiger partial charge in [-0.05, 0) is 48.4 Å². The van der Waals surface area contributed by atoms with Crippen LogP contribution in [0.1, 0.15) is 12.5 Å². The van der Waals surface area contributed by atoms with E-state index in [9.17, 15) is 9.59 Å². The van der Waals surface area contributed by atoms with E-state index in [1.165, 1.54) is 12.5 Å². The zero-order chi connectivity index (χ0) is 20.6. The first-order valence-electron chi connectivity index (χ1n) is 9.82. The third-order valence-electron chi connectivity index (χ3n) is 4.97. The van der Waals surface area contributed by atoms with Crippen molar-refractivity contribution in [2.75, 3.05) is 50.5 Å². The van der Waals surface area contributed by atoms with Crippen molar-refractivity contribution in [2.45, 2.75) is 13.3 Å². The Balaban J connectivity index is 1.42. The summed E-state index contributed by atoms with van der Waals surface area (Å²) in [4.78, 5) is 27.8. The Kier molecular flexibility index (Phi) is 7.08. The van der Waals surface area contributed by atoms with Crippen molar-refractivity contribution in [3.63, 3.8) is 0 Å². The van der Waals surface area contributed by atoms with E-state index in [1.807, 2.05) is 17.0 Å². The minimum atomic E-state index is -0.119. The van der Waals surface area contributed by atoms with Crippen LogP contribution in [0.2, 0.25) is 0 Å². The monoisotopic (exact) mass is 396 g/mol. The minimum Gasteiger partial charge on any atom is -0.497 e. The van der Waals surface area contributed by atoms with Gasteiger partial charge in [-0.1, -0.05) is 12.1 Å². The maximum Gasteiger partial charge on any atom is 0.321 e. The van der Waals surface area contributed by atoms with E-state index >= 15 is 0 Å². The average Bonchev–Trinajstić information content (AvgIpc) is 2.74. The maximum absolute atomic E-state index is 12.5. The molecule has 0 saturated carbocycles. The molecule has 2 N–H and O–H groups in total. The number of piperazine rings is 1. The number of nitrogens with one attached hydrogen (secondary N) is 2. The van der Waals surface area contributed by atoms with E-state index in [-0.39, 0.29) is 11.9 Å². The summed E-state index contributed by atoms with van der Waals surface area (Å²) < 4.78 is 5.28. The Morgan fingerprint density at radius 2 is 1.62 bits per heavy atom. The van der Waals surface area contributed by atoms with Gasteiger partial charge < -0.3 is 20.3 Å². The number of hydrogen-bond donors (Lipinski definition) is 2. The van der Waals surface area contributed by atoms with Gasteiger partial charge in [0.1, 0.15) is 5.75 Å². The van der Waals surface area contributed by atoms with Crippen LogP contribution in [-0.2, 0) is 11.2 Å². The van der Waals surface area contributed by atoms with Crippen LogP contribution in [0.4, 0.5) is 16.2 Å². The molecule has 1 heterocycles. The summed E-state index contributed by atoms with van der Waals surface area (Å²) in [5.74, 6) is 0.764. The van der Waals surface area contributed by atoms with Crippen molar-refractivity contribution in [3.05, 3.63) is 54.1 Å². The largest absolute Gasteiger partial charge is 0.497 e. The van der Waals surface area contributed by atoms with Crippen molar-refractivity contribution >= 4 is 23.3 Å². The Labute approximate surface area is 171 Å². The molecule has 0 atom stereocenters. The number of methoxy groups -OCH3 is 1. The molecule has 7 heteroatoms. The first-order chi connectivity index (χ1) is 14.0. The summed E-state index contributed by atoms with van der Waals surface area (Å²) in [6.07, 6.45) is 0.962. The van der Waals surface area contributed by atoms with Crippen LogP contribution in [0, 0.1) is 0 Å². The van der Waals surface area contributed by atoms with Crippen molar-refractivity contribution in [3.8, 4) is 5.75 Å². The van der Waals surface area contributed by atoms with Crippen molar-refractivity contribution in [2.24, 2.45) is 0 Å². The second kappa shape index (κ2) is 9.93. The Bertz CT molecular complexity index is 830. The number of anilines is 2. The van der Waals surface area contributed by atoms with Crippen LogP contribution in [0.5, 0.6) is 5.75 Å². The fraction of sp³-hybridized carbons (Fsp3) is 0.364. The molecular formula is C22H28N4O3. The van der Waals surface area contributed by atoms with Crippen molar-refractivity contribution < 1.29 is 14.3 Å². The summed E-state index contributed by atoms with van der Waals surface area (Å²) >= 11 is 0. The van der Waals surface area contributed by atoms with Crippen LogP contribution in [0.15, 0.2) is 48.5 Å². The molecule has 1 aliphatic rings. The van der Waals surface area contributed by atoms with Gasteiger partial charge in [0.2, 0.25) is 5.91 Å². The lowest BCUT2D eigenvalue weighted by Gasteiger charge is -2.34. The zero-order valence-corrected chi connectivity index (χ0v) is 17.0. The average molecular weight is 396 g/mol. The SMILES string of the molecule is COc1cccc(CCN2CCN(C(=O)Nc3ccc(NC(C)=O)cc3)CC2)c1. The standard InChI is InChI=1S/C22H28N4O3/c1-17(27)23-19-6-8-20(9-7-19)24-22(28)26-14-12-25(13-15-26)11-10-18-4-3-5-21(16-18)29-2/h3-9,16H,10-15H2,1-2H3,(H,23,27)(H,24,28). The lowest BCUT2D eigenvalue weighted by Crippen LogP contribution is -2.50. The highest BCUT2D eigenvalue weighted by molar-refractivity contribution is 5.91. The third kappa shape index (κ3) is 6.22. The van der Waals surface area contributed by atoms with Crippen LogP contribution in [0.3, 0.4) is 0 Å². The highest BCUT2D eigenvalue weighted by Gasteiger charge is 2.21. The van der Waals surface area contributed by atoms with Crippen molar-refractivity contribution in [1.82, 2.24) is 9.80 Å². The molecule has 7 nitrogen and oxygen atoms in total. The molecular weight excluding hydrogens is 368 g/mol. The van der Waals surface area contributed by atoms with Crippen LogP contribution in [-0.4, -0.2) is 61.6 Å². The van der Waals surface area contributed by atoms with Gasteiger partial charge in [0.15, 0.2) is 0 Å². The lowest BCUT2D eigenvalue weighted by atomic mass is 10.1. The maximum atomic E-state index is 12.5. The van der Waals surface area contributed by atoms with E-state index in [0.29, 0.717) is 24.5 Å². The van der Waals surface area contributed by atoms with Gasteiger partial charge in [0, 0.05) is 51.0 Å². The predicted octanol–water partition coefficient (Wildman–Crippen LogP) is 3.05. The molecule has 2 aromatic carbocycles. The summed E-state index contributed by atoms with van der Waals surface area (Å²) in [6.45, 7) is 5.55. The topological polar surface area (TPSA) is 73.9 Å². The summed E-state index contributed by atoms with van der Waals surface area (Å²) in [6, 6.07) is 15.2. The fourth-order valence-corrected chi connectivity index (χ4v) is 3.33. The van der Waals surface area contributed by atoms with Gasteiger partial charge in [0.25, 0.3) is 0 Å². The van der Waals surface area contributed by atoms with Crippen molar-refractivity contribution in [1.29, 1.82) is 0 Å². The second-order valence-corrected chi connectivity index (χ2v) is 7.12. The number of ether oxygens (including phenoxy) is 1. The van der Waals surface area contributed by atoms with E-state index in [4.69, 9.17) is 4.74 Å². The van der Waals surface area contributed by atoms with E-state index in [1.54, 1.807) is 31.4 Å². The molecule has 1 saturated heterocycles. The summed E-state index contributed by atoms with van der Waals surface area (Å²) in [5, 5.41) is 5.63. The first kappa shape index (κ1) is 20.7. The van der Waals surface area contributed by atoms with E-state index in [2.05, 4.69) is 27.7 Å². The smallest absolute Gasteiger partial charge is 0.321 e. The Morgan fingerprint density at radius 3 is 2.24 bits per heavy atom. The lowest BCUT2D eigenvalue weighted by molar-refractivity contribution is -0.114. The third-order valence-corrected chi connectivity index (χ3v) is 4.97. The first-order valence-corrected chi connectivity index (χ1v) is 9.82. The molecule has 1 fully saturated rings. The number of carbonyl (C=O) groups excluding carboxylic acids is 2. The number of hydrogen-bond acceptors (Lipinski definition) is 4. The summed E-state index contributed by atoms with van der Waals surface area (Å²) in [5.41, 5.74) is 2.68. The van der Waals surface area contributed by atoms with Gasteiger partial charge >= 0.3 is 6.03 Å². The number of nitrogens with zero attached hydrogens (tertiary/aromatic N) is 2. The normalized spacial score (nSPS) is 14.3. The minimum absolute atomic E-state index is 0.0928. The summed E-state index contributed by atoms with van der Waals surface area (Å²) in [7, 11) is 1.68. The fourth-order valence-electron chi connectivity index (χ4n) is 3.33. The van der Waals surface area contributed by atoms with Gasteiger partial charge in [-0.3, -0.25) is 9.69 Å². The molecule has 0 bridgehead atoms. The number of urea groups is 1. The van der Waals surface area contributed by atoms with Gasteiger partial charge in [0.05, 0.1) is 7.11 Å². The van der Waals surface area contributed by atoms with Gasteiger partial charge in [-0.25, -0.2) is 4.79 Å². The number of benzene rings is 2. The van der Waals surface area contributed by atoms with Gasteiger partial charge in [-0.15, -0.1) is 0 Å². The Hall–Kier alpha value is -3.06.